The topological polar surface area (TPSA) is 49.4 Å². The van der Waals surface area contributed by atoms with Crippen LogP contribution in [0.1, 0.15) is 18.9 Å². The fraction of sp³-hybridized carbons (Fsp3) is 0.375. The lowest BCUT2D eigenvalue weighted by atomic mass is 10.1. The first kappa shape index (κ1) is 14.1. The fourth-order valence-electron chi connectivity index (χ4n) is 2.47. The summed E-state index contributed by atoms with van der Waals surface area (Å²) < 4.78 is 0. The first-order valence-corrected chi connectivity index (χ1v) is 6.76. The van der Waals surface area contributed by atoms with Gasteiger partial charge in [0.15, 0.2) is 0 Å². The molecule has 1 atom stereocenters. The highest BCUT2D eigenvalue weighted by atomic mass is 16.2. The maximum absolute atomic E-state index is 12.1. The number of anilines is 1. The molecule has 0 bridgehead atoms. The van der Waals surface area contributed by atoms with Crippen LogP contribution < -0.4 is 10.2 Å². The molecule has 0 aliphatic carbocycles. The van der Waals surface area contributed by atoms with Gasteiger partial charge in [0.05, 0.1) is 12.5 Å². The van der Waals surface area contributed by atoms with E-state index in [0.29, 0.717) is 6.54 Å². The van der Waals surface area contributed by atoms with Gasteiger partial charge in [-0.2, -0.15) is 0 Å². The minimum atomic E-state index is -0.319. The van der Waals surface area contributed by atoms with Gasteiger partial charge in [-0.25, -0.2) is 0 Å². The Morgan fingerprint density at radius 1 is 1.50 bits per heavy atom. The Labute approximate surface area is 119 Å². The number of carbonyl (C=O) groups is 2. The highest BCUT2D eigenvalue weighted by Gasteiger charge is 2.35. The van der Waals surface area contributed by atoms with Crippen molar-refractivity contribution in [2.24, 2.45) is 5.92 Å². The summed E-state index contributed by atoms with van der Waals surface area (Å²) in [7, 11) is 0. The Kier molecular flexibility index (Phi) is 4.41. The smallest absolute Gasteiger partial charge is 0.227 e. The molecule has 104 valence electrons. The normalized spacial score (nSPS) is 17.9. The molecule has 4 heteroatoms. The van der Waals surface area contributed by atoms with Crippen molar-refractivity contribution < 1.29 is 9.59 Å². The first-order chi connectivity index (χ1) is 9.67. The minimum absolute atomic E-state index is 0.00763. The molecule has 1 heterocycles. The highest BCUT2D eigenvalue weighted by Crippen LogP contribution is 2.28. The van der Waals surface area contributed by atoms with E-state index < -0.39 is 0 Å². The van der Waals surface area contributed by atoms with E-state index in [4.69, 9.17) is 6.42 Å². The summed E-state index contributed by atoms with van der Waals surface area (Å²) in [4.78, 5) is 25.7. The molecular formula is C16H18N2O2. The summed E-state index contributed by atoms with van der Waals surface area (Å²) in [6, 6.07) is 7.81. The van der Waals surface area contributed by atoms with Crippen LogP contribution >= 0.6 is 0 Å². The van der Waals surface area contributed by atoms with Crippen LogP contribution in [0.5, 0.6) is 0 Å². The monoisotopic (exact) mass is 270 g/mol. The van der Waals surface area contributed by atoms with Gasteiger partial charge in [-0.05, 0) is 18.1 Å². The lowest BCUT2D eigenvalue weighted by Crippen LogP contribution is -2.33. The molecule has 1 fully saturated rings. The second-order valence-corrected chi connectivity index (χ2v) is 4.81. The lowest BCUT2D eigenvalue weighted by molar-refractivity contribution is -0.126. The van der Waals surface area contributed by atoms with E-state index in [1.54, 1.807) is 4.90 Å². The van der Waals surface area contributed by atoms with Crippen LogP contribution in [0.4, 0.5) is 5.69 Å². The Bertz CT molecular complexity index is 560. The summed E-state index contributed by atoms with van der Waals surface area (Å²) in [6.07, 6.45) is 6.22. The first-order valence-electron chi connectivity index (χ1n) is 6.76. The molecule has 2 rings (SSSR count). The second-order valence-electron chi connectivity index (χ2n) is 4.81. The van der Waals surface area contributed by atoms with Gasteiger partial charge >= 0.3 is 0 Å². The number of benzene rings is 1. The Morgan fingerprint density at radius 3 is 2.95 bits per heavy atom. The van der Waals surface area contributed by atoms with Crippen molar-refractivity contribution in [3.05, 3.63) is 29.8 Å². The number of terminal acetylenes is 1. The second kappa shape index (κ2) is 6.25. The van der Waals surface area contributed by atoms with Gasteiger partial charge in [-0.3, -0.25) is 9.59 Å². The third kappa shape index (κ3) is 2.83. The number of nitrogens with one attached hydrogen (secondary N) is 1. The zero-order valence-electron chi connectivity index (χ0n) is 11.6. The van der Waals surface area contributed by atoms with Crippen LogP contribution in [-0.2, 0) is 16.0 Å². The minimum Gasteiger partial charge on any atom is -0.345 e. The average Bonchev–Trinajstić information content (AvgIpc) is 2.86. The van der Waals surface area contributed by atoms with E-state index in [1.165, 1.54) is 0 Å². The standard InChI is InChI=1S/C16H18N2O2/c1-3-9-17-16(20)13-10-15(19)18(11-13)14-8-6-5-7-12(14)4-2/h1,5-8,13H,4,9-11H2,2H3,(H,17,20). The van der Waals surface area contributed by atoms with Gasteiger partial charge in [-0.15, -0.1) is 6.42 Å². The van der Waals surface area contributed by atoms with Gasteiger partial charge in [-0.1, -0.05) is 31.0 Å². The van der Waals surface area contributed by atoms with Crippen molar-refractivity contribution in [3.8, 4) is 12.3 Å². The summed E-state index contributed by atoms with van der Waals surface area (Å²) in [5.41, 5.74) is 2.03. The van der Waals surface area contributed by atoms with Crippen LogP contribution in [0.2, 0.25) is 0 Å². The zero-order valence-corrected chi connectivity index (χ0v) is 11.6. The number of hydrogen-bond donors (Lipinski definition) is 1. The zero-order chi connectivity index (χ0) is 14.5. The summed E-state index contributed by atoms with van der Waals surface area (Å²) in [5.74, 6) is 1.89. The maximum Gasteiger partial charge on any atom is 0.227 e. The Hall–Kier alpha value is -2.28. The molecule has 4 nitrogen and oxygen atoms in total. The van der Waals surface area contributed by atoms with Gasteiger partial charge in [0.1, 0.15) is 0 Å². The van der Waals surface area contributed by atoms with Gasteiger partial charge in [0.2, 0.25) is 11.8 Å². The maximum atomic E-state index is 12.1. The molecule has 0 aromatic heterocycles. The van der Waals surface area contributed by atoms with Crippen molar-refractivity contribution in [1.29, 1.82) is 0 Å². The predicted octanol–water partition coefficient (Wildman–Crippen LogP) is 1.35. The van der Waals surface area contributed by atoms with Crippen LogP contribution in [0.15, 0.2) is 24.3 Å². The quantitative estimate of drug-likeness (QED) is 0.840. The van der Waals surface area contributed by atoms with E-state index in [9.17, 15) is 9.59 Å². The fourth-order valence-corrected chi connectivity index (χ4v) is 2.47. The number of hydrogen-bond acceptors (Lipinski definition) is 2. The van der Waals surface area contributed by atoms with Crippen LogP contribution in [0.25, 0.3) is 0 Å². The summed E-state index contributed by atoms with van der Waals surface area (Å²) in [5, 5.41) is 2.64. The van der Waals surface area contributed by atoms with Crippen LogP contribution in [0.3, 0.4) is 0 Å². The molecular weight excluding hydrogens is 252 g/mol. The largest absolute Gasteiger partial charge is 0.345 e. The van der Waals surface area contributed by atoms with Crippen LogP contribution in [0, 0.1) is 18.3 Å². The number of rotatable bonds is 4. The van der Waals surface area contributed by atoms with Crippen molar-refractivity contribution in [3.63, 3.8) is 0 Å². The van der Waals surface area contributed by atoms with Gasteiger partial charge in [0, 0.05) is 18.7 Å². The highest BCUT2D eigenvalue weighted by molar-refractivity contribution is 6.00. The SMILES string of the molecule is C#CCNC(=O)C1CC(=O)N(c2ccccc2CC)C1. The van der Waals surface area contributed by atoms with Gasteiger partial charge < -0.3 is 10.2 Å². The summed E-state index contributed by atoms with van der Waals surface area (Å²) >= 11 is 0. The number of amides is 2. The molecule has 1 unspecified atom stereocenters. The molecule has 1 aliphatic heterocycles. The number of para-hydroxylation sites is 1. The molecule has 1 saturated heterocycles. The predicted molar refractivity (Wildman–Crippen MR) is 78.1 cm³/mol. The third-order valence-electron chi connectivity index (χ3n) is 3.52. The molecule has 1 aromatic rings. The van der Waals surface area contributed by atoms with E-state index in [1.807, 2.05) is 24.3 Å². The van der Waals surface area contributed by atoms with E-state index in [-0.39, 0.29) is 30.7 Å². The number of aryl methyl sites for hydroxylation is 1. The third-order valence-corrected chi connectivity index (χ3v) is 3.52. The molecule has 20 heavy (non-hydrogen) atoms. The molecule has 2 amide bonds. The number of carbonyl (C=O) groups excluding carboxylic acids is 2. The lowest BCUT2D eigenvalue weighted by Gasteiger charge is -2.19. The Morgan fingerprint density at radius 2 is 2.25 bits per heavy atom. The van der Waals surface area contributed by atoms with Crippen LogP contribution in [-0.4, -0.2) is 24.9 Å². The molecule has 0 spiro atoms. The van der Waals surface area contributed by atoms with E-state index >= 15 is 0 Å². The average molecular weight is 270 g/mol. The molecule has 0 radical (unpaired) electrons. The van der Waals surface area contributed by atoms with Crippen molar-refractivity contribution in [2.75, 3.05) is 18.0 Å². The van der Waals surface area contributed by atoms with E-state index in [2.05, 4.69) is 18.2 Å². The van der Waals surface area contributed by atoms with Crippen molar-refractivity contribution >= 4 is 17.5 Å². The number of nitrogens with zero attached hydrogens (tertiary/aromatic N) is 1. The molecule has 1 aliphatic rings. The summed E-state index contributed by atoms with van der Waals surface area (Å²) in [6.45, 7) is 2.68. The molecule has 0 saturated carbocycles. The van der Waals surface area contributed by atoms with Crippen molar-refractivity contribution in [2.45, 2.75) is 19.8 Å². The Balaban J connectivity index is 2.13. The van der Waals surface area contributed by atoms with Crippen molar-refractivity contribution in [1.82, 2.24) is 5.32 Å². The molecule has 1 aromatic carbocycles. The van der Waals surface area contributed by atoms with Gasteiger partial charge in [0.25, 0.3) is 0 Å². The van der Waals surface area contributed by atoms with E-state index in [0.717, 1.165) is 17.7 Å². The molecule has 1 N–H and O–H groups in total.